The van der Waals surface area contributed by atoms with E-state index in [9.17, 15) is 14.7 Å². The van der Waals surface area contributed by atoms with Gasteiger partial charge in [-0.1, -0.05) is 0 Å². The van der Waals surface area contributed by atoms with Crippen molar-refractivity contribution in [2.24, 2.45) is 0 Å². The fourth-order valence-corrected chi connectivity index (χ4v) is 4.46. The highest BCUT2D eigenvalue weighted by atomic mass is 16.6. The van der Waals surface area contributed by atoms with Gasteiger partial charge in [0.25, 0.3) is 0 Å². The summed E-state index contributed by atoms with van der Waals surface area (Å²) in [5, 5.41) is 23.8. The maximum Gasteiger partial charge on any atom is 0.411 e. The number of rotatable bonds is 7. The fraction of sp³-hybridized carbons (Fsp3) is 0.222. The van der Waals surface area contributed by atoms with Crippen molar-refractivity contribution < 1.29 is 28.9 Å². The first-order valence-electron chi connectivity index (χ1n) is 12.9. The van der Waals surface area contributed by atoms with Crippen LogP contribution in [0, 0.1) is 6.92 Å². The number of hydrogen-bond acceptors (Lipinski definition) is 11. The molecule has 4 heterocycles. The van der Waals surface area contributed by atoms with E-state index in [1.807, 2.05) is 25.1 Å². The molecule has 5 aromatic rings. The summed E-state index contributed by atoms with van der Waals surface area (Å²) in [7, 11) is 0. The number of fused-ring (bicyclic) bond motifs is 2. The van der Waals surface area contributed by atoms with Crippen LogP contribution in [0.15, 0.2) is 61.4 Å². The summed E-state index contributed by atoms with van der Waals surface area (Å²) in [5.74, 6) is 1.55. The number of morpholine rings is 1. The molecule has 42 heavy (non-hydrogen) atoms. The number of nitrogens with zero attached hydrogens (tertiary/aromatic N) is 7. The molecule has 6 rings (SSSR count). The zero-order valence-electron chi connectivity index (χ0n) is 22.3. The number of ether oxygens (including phenoxy) is 3. The van der Waals surface area contributed by atoms with Gasteiger partial charge in [0.1, 0.15) is 37.2 Å². The molecule has 0 bridgehead atoms. The fourth-order valence-electron chi connectivity index (χ4n) is 4.46. The van der Waals surface area contributed by atoms with Crippen LogP contribution in [0.25, 0.3) is 16.6 Å². The van der Waals surface area contributed by atoms with Gasteiger partial charge in [0, 0.05) is 29.4 Å². The van der Waals surface area contributed by atoms with E-state index in [2.05, 4.69) is 35.8 Å². The normalized spacial score (nSPS) is 15.0. The SMILES string of the molecule is Cc1cc(Nc2ncnc3ccc(NC(=O)OCC4COCCN4C(=O)O)cc23)ccc1Oc1cc2nncn2cn1. The Bertz CT molecular complexity index is 1780. The standard InChI is InChI=1S/C27H25N9O6/c1-16-8-17(3-5-22(16)42-24-10-23-34-31-15-35(23)14-30-24)32-25-20-9-18(2-4-21(20)28-13-29-25)33-26(37)41-12-19-11-40-7-6-36(19)27(38)39/h2-5,8-10,13-15,19H,6-7,11-12H2,1H3,(H,33,37)(H,38,39)(H,28,29,32). The predicted octanol–water partition coefficient (Wildman–Crippen LogP) is 3.84. The van der Waals surface area contributed by atoms with Crippen LogP contribution in [-0.4, -0.2) is 84.2 Å². The molecular weight excluding hydrogens is 546 g/mol. The largest absolute Gasteiger partial charge is 0.465 e. The summed E-state index contributed by atoms with van der Waals surface area (Å²) in [5.41, 5.74) is 3.36. The van der Waals surface area contributed by atoms with Crippen molar-refractivity contribution in [3.63, 3.8) is 0 Å². The van der Waals surface area contributed by atoms with Crippen LogP contribution < -0.4 is 15.4 Å². The van der Waals surface area contributed by atoms with Crippen LogP contribution >= 0.6 is 0 Å². The Kier molecular flexibility index (Phi) is 7.30. The zero-order chi connectivity index (χ0) is 29.1. The Hall–Kier alpha value is -5.57. The van der Waals surface area contributed by atoms with Crippen LogP contribution in [-0.2, 0) is 9.47 Å². The molecule has 3 N–H and O–H groups in total. The minimum Gasteiger partial charge on any atom is -0.465 e. The third-order valence-corrected chi connectivity index (χ3v) is 6.58. The minimum absolute atomic E-state index is 0.133. The predicted molar refractivity (Wildman–Crippen MR) is 149 cm³/mol. The van der Waals surface area contributed by atoms with Gasteiger partial charge in [-0.15, -0.1) is 10.2 Å². The molecule has 0 spiro atoms. The number of carboxylic acid groups (broad SMARTS) is 1. The third-order valence-electron chi connectivity index (χ3n) is 6.58. The molecule has 1 unspecified atom stereocenters. The zero-order valence-corrected chi connectivity index (χ0v) is 22.3. The van der Waals surface area contributed by atoms with Crippen LogP contribution in [0.4, 0.5) is 26.8 Å². The van der Waals surface area contributed by atoms with Crippen LogP contribution in [0.3, 0.4) is 0 Å². The number of benzene rings is 2. The van der Waals surface area contributed by atoms with Crippen LogP contribution in [0.2, 0.25) is 0 Å². The molecule has 15 heteroatoms. The Balaban J connectivity index is 1.13. The van der Waals surface area contributed by atoms with Gasteiger partial charge in [0.2, 0.25) is 5.88 Å². The lowest BCUT2D eigenvalue weighted by Gasteiger charge is -2.32. The van der Waals surface area contributed by atoms with E-state index in [0.29, 0.717) is 46.3 Å². The smallest absolute Gasteiger partial charge is 0.411 e. The Morgan fingerprint density at radius 3 is 2.83 bits per heavy atom. The van der Waals surface area contributed by atoms with E-state index in [-0.39, 0.29) is 19.8 Å². The van der Waals surface area contributed by atoms with E-state index < -0.39 is 18.2 Å². The number of aromatic nitrogens is 6. The van der Waals surface area contributed by atoms with Gasteiger partial charge in [0.15, 0.2) is 5.65 Å². The molecule has 1 fully saturated rings. The van der Waals surface area contributed by atoms with Crippen molar-refractivity contribution in [2.75, 3.05) is 37.0 Å². The minimum atomic E-state index is -1.08. The van der Waals surface area contributed by atoms with Gasteiger partial charge >= 0.3 is 12.2 Å². The molecule has 2 aromatic carbocycles. The summed E-state index contributed by atoms with van der Waals surface area (Å²) in [6.45, 7) is 2.46. The average Bonchev–Trinajstić information content (AvgIpc) is 3.46. The molecule has 0 aliphatic carbocycles. The van der Waals surface area contributed by atoms with Gasteiger partial charge in [-0.3, -0.25) is 14.6 Å². The Labute approximate surface area is 238 Å². The number of hydrogen-bond donors (Lipinski definition) is 3. The van der Waals surface area contributed by atoms with Crippen molar-refractivity contribution in [1.82, 2.24) is 34.4 Å². The Morgan fingerprint density at radius 2 is 1.98 bits per heavy atom. The molecule has 214 valence electrons. The van der Waals surface area contributed by atoms with Crippen molar-refractivity contribution in [2.45, 2.75) is 13.0 Å². The molecular formula is C27H25N9O6. The number of aryl methyl sites for hydroxylation is 1. The lowest BCUT2D eigenvalue weighted by atomic mass is 10.1. The highest BCUT2D eigenvalue weighted by Gasteiger charge is 2.28. The van der Waals surface area contributed by atoms with E-state index in [1.165, 1.54) is 11.2 Å². The number of carbonyl (C=O) groups excluding carboxylic acids is 1. The van der Waals surface area contributed by atoms with Gasteiger partial charge in [0.05, 0.1) is 24.8 Å². The first kappa shape index (κ1) is 26.6. The second-order valence-corrected chi connectivity index (χ2v) is 9.41. The second-order valence-electron chi connectivity index (χ2n) is 9.41. The van der Waals surface area contributed by atoms with Crippen molar-refractivity contribution in [1.29, 1.82) is 0 Å². The van der Waals surface area contributed by atoms with E-state index >= 15 is 0 Å². The molecule has 0 radical (unpaired) electrons. The number of carbonyl (C=O) groups is 2. The molecule has 1 atom stereocenters. The van der Waals surface area contributed by atoms with Crippen LogP contribution in [0.1, 0.15) is 5.56 Å². The highest BCUT2D eigenvalue weighted by Crippen LogP contribution is 2.30. The molecule has 1 aliphatic rings. The molecule has 15 nitrogen and oxygen atoms in total. The van der Waals surface area contributed by atoms with Gasteiger partial charge in [-0.25, -0.2) is 24.5 Å². The maximum absolute atomic E-state index is 12.5. The van der Waals surface area contributed by atoms with Crippen molar-refractivity contribution in [3.8, 4) is 11.6 Å². The molecule has 1 saturated heterocycles. The summed E-state index contributed by atoms with van der Waals surface area (Å²) >= 11 is 0. The number of nitrogens with one attached hydrogen (secondary N) is 2. The second kappa shape index (κ2) is 11.5. The van der Waals surface area contributed by atoms with Gasteiger partial charge < -0.3 is 24.6 Å². The summed E-state index contributed by atoms with van der Waals surface area (Å²) in [6.07, 6.45) is 2.78. The van der Waals surface area contributed by atoms with Crippen LogP contribution in [0.5, 0.6) is 11.6 Å². The van der Waals surface area contributed by atoms with Gasteiger partial charge in [-0.2, -0.15) is 0 Å². The van der Waals surface area contributed by atoms with Gasteiger partial charge in [-0.05, 0) is 48.9 Å². The van der Waals surface area contributed by atoms with E-state index in [0.717, 1.165) is 11.3 Å². The molecule has 2 amide bonds. The molecule has 3 aromatic heterocycles. The molecule has 1 aliphatic heterocycles. The summed E-state index contributed by atoms with van der Waals surface area (Å²) in [4.78, 5) is 38.1. The number of amides is 2. The van der Waals surface area contributed by atoms with E-state index in [4.69, 9.17) is 14.2 Å². The van der Waals surface area contributed by atoms with E-state index in [1.54, 1.807) is 41.3 Å². The first-order valence-corrected chi connectivity index (χ1v) is 12.9. The van der Waals surface area contributed by atoms with Crippen molar-refractivity contribution >= 4 is 45.9 Å². The maximum atomic E-state index is 12.5. The lowest BCUT2D eigenvalue weighted by Crippen LogP contribution is -2.50. The monoisotopic (exact) mass is 571 g/mol. The summed E-state index contributed by atoms with van der Waals surface area (Å²) < 4.78 is 18.2. The lowest BCUT2D eigenvalue weighted by molar-refractivity contribution is -0.0203. The quantitative estimate of drug-likeness (QED) is 0.257. The molecule has 0 saturated carbocycles. The number of anilines is 3. The summed E-state index contributed by atoms with van der Waals surface area (Å²) in [6, 6.07) is 11.9. The first-order chi connectivity index (χ1) is 20.4. The average molecular weight is 572 g/mol. The third kappa shape index (κ3) is 5.80. The topological polar surface area (TPSA) is 178 Å². The Morgan fingerprint density at radius 1 is 1.10 bits per heavy atom. The van der Waals surface area contributed by atoms with Crippen molar-refractivity contribution in [3.05, 3.63) is 67.0 Å². The highest BCUT2D eigenvalue weighted by molar-refractivity contribution is 5.95.